The van der Waals surface area contributed by atoms with Crippen molar-refractivity contribution in [2.75, 3.05) is 13.9 Å². The molecule has 0 bridgehead atoms. The summed E-state index contributed by atoms with van der Waals surface area (Å²) >= 11 is 0. The first kappa shape index (κ1) is 10.5. The van der Waals surface area contributed by atoms with Gasteiger partial charge in [0.2, 0.25) is 6.79 Å². The van der Waals surface area contributed by atoms with Gasteiger partial charge in [-0.3, -0.25) is 4.79 Å². The molecule has 1 aliphatic heterocycles. The van der Waals surface area contributed by atoms with E-state index in [0.717, 1.165) is 5.56 Å². The van der Waals surface area contributed by atoms with Crippen molar-refractivity contribution in [3.8, 4) is 17.2 Å². The molecule has 1 aromatic carbocycles. The Morgan fingerprint density at radius 1 is 1.38 bits per heavy atom. The zero-order valence-electron chi connectivity index (χ0n) is 9.15. The maximum Gasteiger partial charge on any atom is 0.231 e. The number of hydrogen-bond donors (Lipinski definition) is 0. The molecule has 4 heteroatoms. The number of fused-ring (bicyclic) bond motifs is 1. The topological polar surface area (TPSA) is 44.8 Å². The van der Waals surface area contributed by atoms with Crippen molar-refractivity contribution >= 4 is 11.9 Å². The SMILES string of the molecule is COc1cc2c(cc1/C=C/C(C)=O)OCO2. The van der Waals surface area contributed by atoms with E-state index in [0.29, 0.717) is 17.2 Å². The quantitative estimate of drug-likeness (QED) is 0.731. The lowest BCUT2D eigenvalue weighted by molar-refractivity contribution is -0.112. The molecule has 0 saturated carbocycles. The van der Waals surface area contributed by atoms with Crippen LogP contribution in [0.1, 0.15) is 12.5 Å². The number of carbonyl (C=O) groups is 1. The summed E-state index contributed by atoms with van der Waals surface area (Å²) in [7, 11) is 1.57. The van der Waals surface area contributed by atoms with Gasteiger partial charge in [-0.25, -0.2) is 0 Å². The maximum absolute atomic E-state index is 10.9. The van der Waals surface area contributed by atoms with Gasteiger partial charge in [-0.2, -0.15) is 0 Å². The molecule has 2 rings (SSSR count). The summed E-state index contributed by atoms with van der Waals surface area (Å²) < 4.78 is 15.7. The van der Waals surface area contributed by atoms with Crippen LogP contribution < -0.4 is 14.2 Å². The van der Waals surface area contributed by atoms with Gasteiger partial charge in [-0.15, -0.1) is 0 Å². The summed E-state index contributed by atoms with van der Waals surface area (Å²) in [5, 5.41) is 0. The van der Waals surface area contributed by atoms with Crippen molar-refractivity contribution in [1.82, 2.24) is 0 Å². The lowest BCUT2D eigenvalue weighted by Gasteiger charge is -2.06. The third kappa shape index (κ3) is 2.00. The average Bonchev–Trinajstić information content (AvgIpc) is 2.71. The molecule has 0 aromatic heterocycles. The predicted molar refractivity (Wildman–Crippen MR) is 58.8 cm³/mol. The van der Waals surface area contributed by atoms with Crippen LogP contribution in [-0.4, -0.2) is 19.7 Å². The molecule has 0 radical (unpaired) electrons. The second-order valence-electron chi connectivity index (χ2n) is 3.39. The van der Waals surface area contributed by atoms with E-state index in [4.69, 9.17) is 14.2 Å². The van der Waals surface area contributed by atoms with Crippen molar-refractivity contribution in [2.45, 2.75) is 6.92 Å². The molecule has 1 heterocycles. The molecule has 16 heavy (non-hydrogen) atoms. The monoisotopic (exact) mass is 220 g/mol. The Morgan fingerprint density at radius 3 is 2.69 bits per heavy atom. The van der Waals surface area contributed by atoms with Gasteiger partial charge in [0.25, 0.3) is 0 Å². The van der Waals surface area contributed by atoms with E-state index in [-0.39, 0.29) is 12.6 Å². The first-order valence-electron chi connectivity index (χ1n) is 4.87. The summed E-state index contributed by atoms with van der Waals surface area (Å²) in [6.07, 6.45) is 3.18. The smallest absolute Gasteiger partial charge is 0.231 e. The van der Waals surface area contributed by atoms with E-state index in [1.54, 1.807) is 25.3 Å². The number of methoxy groups -OCH3 is 1. The summed E-state index contributed by atoms with van der Waals surface area (Å²) in [5.74, 6) is 1.97. The molecule has 0 N–H and O–H groups in total. The Morgan fingerprint density at radius 2 is 2.06 bits per heavy atom. The Balaban J connectivity index is 2.39. The van der Waals surface area contributed by atoms with E-state index < -0.39 is 0 Å². The second kappa shape index (κ2) is 4.26. The number of ether oxygens (including phenoxy) is 3. The zero-order valence-corrected chi connectivity index (χ0v) is 9.15. The van der Waals surface area contributed by atoms with E-state index in [1.807, 2.05) is 0 Å². The van der Waals surface area contributed by atoms with Crippen LogP contribution in [-0.2, 0) is 4.79 Å². The summed E-state index contributed by atoms with van der Waals surface area (Å²) in [5.41, 5.74) is 0.793. The normalized spacial score (nSPS) is 13.1. The molecule has 0 atom stereocenters. The highest BCUT2D eigenvalue weighted by atomic mass is 16.7. The van der Waals surface area contributed by atoms with Crippen LogP contribution in [0.15, 0.2) is 18.2 Å². The first-order valence-corrected chi connectivity index (χ1v) is 4.87. The summed E-state index contributed by atoms with van der Waals surface area (Å²) in [4.78, 5) is 10.9. The van der Waals surface area contributed by atoms with Gasteiger partial charge in [0.15, 0.2) is 17.3 Å². The van der Waals surface area contributed by atoms with Crippen LogP contribution in [0, 0.1) is 0 Å². The number of rotatable bonds is 3. The number of benzene rings is 1. The molecule has 4 nitrogen and oxygen atoms in total. The number of ketones is 1. The van der Waals surface area contributed by atoms with Crippen molar-refractivity contribution in [1.29, 1.82) is 0 Å². The number of hydrogen-bond acceptors (Lipinski definition) is 4. The van der Waals surface area contributed by atoms with Gasteiger partial charge in [-0.05, 0) is 25.1 Å². The molecule has 1 aliphatic rings. The third-order valence-electron chi connectivity index (χ3n) is 2.22. The fourth-order valence-electron chi connectivity index (χ4n) is 1.45. The Labute approximate surface area is 93.4 Å². The lowest BCUT2D eigenvalue weighted by atomic mass is 10.1. The van der Waals surface area contributed by atoms with E-state index in [1.165, 1.54) is 13.0 Å². The Hall–Kier alpha value is -1.97. The summed E-state index contributed by atoms with van der Waals surface area (Å²) in [6.45, 7) is 1.72. The highest BCUT2D eigenvalue weighted by Gasteiger charge is 2.16. The van der Waals surface area contributed by atoms with Crippen LogP contribution in [0.4, 0.5) is 0 Å². The van der Waals surface area contributed by atoms with Gasteiger partial charge in [0.05, 0.1) is 7.11 Å². The minimum Gasteiger partial charge on any atom is -0.496 e. The molecule has 0 amide bonds. The van der Waals surface area contributed by atoms with Gasteiger partial charge >= 0.3 is 0 Å². The lowest BCUT2D eigenvalue weighted by Crippen LogP contribution is -1.92. The molecule has 0 fully saturated rings. The van der Waals surface area contributed by atoms with Crippen molar-refractivity contribution in [3.05, 3.63) is 23.8 Å². The van der Waals surface area contributed by atoms with Crippen LogP contribution in [0.2, 0.25) is 0 Å². The fraction of sp³-hybridized carbons (Fsp3) is 0.250. The van der Waals surface area contributed by atoms with Crippen molar-refractivity contribution in [2.24, 2.45) is 0 Å². The zero-order chi connectivity index (χ0) is 11.5. The third-order valence-corrected chi connectivity index (χ3v) is 2.22. The van der Waals surface area contributed by atoms with E-state index in [9.17, 15) is 4.79 Å². The van der Waals surface area contributed by atoms with E-state index >= 15 is 0 Å². The first-order chi connectivity index (χ1) is 7.70. The fourth-order valence-corrected chi connectivity index (χ4v) is 1.45. The molecule has 1 aromatic rings. The maximum atomic E-state index is 10.9. The number of carbonyl (C=O) groups excluding carboxylic acids is 1. The van der Waals surface area contributed by atoms with Crippen LogP contribution in [0.25, 0.3) is 6.08 Å². The molecule has 84 valence electrons. The summed E-state index contributed by atoms with van der Waals surface area (Å²) in [6, 6.07) is 3.54. The molecular weight excluding hydrogens is 208 g/mol. The van der Waals surface area contributed by atoms with Crippen LogP contribution in [0.3, 0.4) is 0 Å². The molecular formula is C12H12O4. The Bertz CT molecular complexity index is 449. The van der Waals surface area contributed by atoms with Gasteiger partial charge in [-0.1, -0.05) is 0 Å². The van der Waals surface area contributed by atoms with Gasteiger partial charge < -0.3 is 14.2 Å². The van der Waals surface area contributed by atoms with E-state index in [2.05, 4.69) is 0 Å². The van der Waals surface area contributed by atoms with Crippen LogP contribution in [0.5, 0.6) is 17.2 Å². The molecule has 0 spiro atoms. The largest absolute Gasteiger partial charge is 0.496 e. The van der Waals surface area contributed by atoms with Gasteiger partial charge in [0, 0.05) is 11.6 Å². The minimum atomic E-state index is -0.0141. The van der Waals surface area contributed by atoms with Crippen molar-refractivity contribution < 1.29 is 19.0 Å². The molecule has 0 saturated heterocycles. The molecule has 0 aliphatic carbocycles. The highest BCUT2D eigenvalue weighted by molar-refractivity contribution is 5.92. The standard InChI is InChI=1S/C12H12O4/c1-8(13)3-4-9-5-11-12(16-7-15-11)6-10(9)14-2/h3-6H,7H2,1-2H3/b4-3+. The van der Waals surface area contributed by atoms with Crippen LogP contribution >= 0.6 is 0 Å². The highest BCUT2D eigenvalue weighted by Crippen LogP contribution is 2.38. The molecule has 0 unspecified atom stereocenters. The average molecular weight is 220 g/mol. The Kier molecular flexibility index (Phi) is 2.81. The minimum absolute atomic E-state index is 0.0141. The van der Waals surface area contributed by atoms with Gasteiger partial charge in [0.1, 0.15) is 5.75 Å². The van der Waals surface area contributed by atoms with Crippen molar-refractivity contribution in [3.63, 3.8) is 0 Å². The predicted octanol–water partition coefficient (Wildman–Crippen LogP) is 2.03. The second-order valence-corrected chi connectivity index (χ2v) is 3.39. The number of allylic oxidation sites excluding steroid dienone is 1.